The first kappa shape index (κ1) is 10.3. The third kappa shape index (κ3) is 2.00. The molecule has 3 rings (SSSR count). The molecule has 0 unspecified atom stereocenters. The first-order chi connectivity index (χ1) is 8.33. The standard InChI is InChI=1S/C14H17N3/c15-12-3-5-13(6-4-12)17-10-7-14(11-17)16-8-1-2-9-16/h1,3-6,8,11H,2,7,9-10,15H2. The Balaban J connectivity index is 1.78. The van der Waals surface area contributed by atoms with Crippen molar-refractivity contribution in [3.63, 3.8) is 0 Å². The molecule has 17 heavy (non-hydrogen) atoms. The number of rotatable bonds is 2. The predicted molar refractivity (Wildman–Crippen MR) is 71.4 cm³/mol. The van der Waals surface area contributed by atoms with Gasteiger partial charge in [-0.15, -0.1) is 0 Å². The minimum Gasteiger partial charge on any atom is -0.399 e. The van der Waals surface area contributed by atoms with Crippen molar-refractivity contribution in [3.8, 4) is 0 Å². The molecular weight excluding hydrogens is 210 g/mol. The first-order valence-corrected chi connectivity index (χ1v) is 6.09. The van der Waals surface area contributed by atoms with E-state index in [0.717, 1.165) is 25.2 Å². The van der Waals surface area contributed by atoms with E-state index in [1.807, 2.05) is 12.1 Å². The fraction of sp³-hybridized carbons (Fsp3) is 0.286. The van der Waals surface area contributed by atoms with Gasteiger partial charge >= 0.3 is 0 Å². The third-order valence-corrected chi connectivity index (χ3v) is 3.33. The number of benzene rings is 1. The van der Waals surface area contributed by atoms with Gasteiger partial charge in [-0.2, -0.15) is 0 Å². The zero-order valence-electron chi connectivity index (χ0n) is 9.84. The van der Waals surface area contributed by atoms with Crippen molar-refractivity contribution >= 4 is 11.4 Å². The van der Waals surface area contributed by atoms with Gasteiger partial charge in [0.25, 0.3) is 0 Å². The van der Waals surface area contributed by atoms with Gasteiger partial charge in [-0.25, -0.2) is 0 Å². The van der Waals surface area contributed by atoms with E-state index in [1.54, 1.807) is 0 Å². The van der Waals surface area contributed by atoms with Crippen molar-refractivity contribution in [2.24, 2.45) is 0 Å². The zero-order valence-corrected chi connectivity index (χ0v) is 9.84. The quantitative estimate of drug-likeness (QED) is 0.788. The first-order valence-electron chi connectivity index (χ1n) is 6.09. The van der Waals surface area contributed by atoms with Gasteiger partial charge < -0.3 is 15.5 Å². The average molecular weight is 227 g/mol. The maximum atomic E-state index is 5.70. The lowest BCUT2D eigenvalue weighted by Gasteiger charge is -2.16. The Labute approximate surface area is 102 Å². The molecule has 2 N–H and O–H groups in total. The van der Waals surface area contributed by atoms with Crippen LogP contribution in [0.1, 0.15) is 12.8 Å². The van der Waals surface area contributed by atoms with Crippen LogP contribution in [0.2, 0.25) is 0 Å². The molecular formula is C14H17N3. The summed E-state index contributed by atoms with van der Waals surface area (Å²) >= 11 is 0. The van der Waals surface area contributed by atoms with E-state index in [1.165, 1.54) is 17.8 Å². The molecule has 88 valence electrons. The van der Waals surface area contributed by atoms with E-state index in [4.69, 9.17) is 5.73 Å². The average Bonchev–Trinajstić information content (AvgIpc) is 3.00. The normalized spacial score (nSPS) is 18.9. The topological polar surface area (TPSA) is 32.5 Å². The number of hydrogen-bond acceptors (Lipinski definition) is 3. The van der Waals surface area contributed by atoms with Crippen molar-refractivity contribution in [2.45, 2.75) is 12.8 Å². The highest BCUT2D eigenvalue weighted by atomic mass is 15.2. The molecule has 2 aliphatic rings. The second kappa shape index (κ2) is 4.17. The smallest absolute Gasteiger partial charge is 0.0408 e. The van der Waals surface area contributed by atoms with Gasteiger partial charge in [-0.3, -0.25) is 0 Å². The highest BCUT2D eigenvalue weighted by molar-refractivity contribution is 5.56. The minimum atomic E-state index is 0.819. The lowest BCUT2D eigenvalue weighted by molar-refractivity contribution is 0.491. The van der Waals surface area contributed by atoms with Crippen molar-refractivity contribution in [2.75, 3.05) is 23.7 Å². The molecule has 1 aromatic rings. The van der Waals surface area contributed by atoms with E-state index in [-0.39, 0.29) is 0 Å². The number of nitrogen functional groups attached to an aromatic ring is 1. The number of hydrogen-bond donors (Lipinski definition) is 1. The van der Waals surface area contributed by atoms with Gasteiger partial charge in [0, 0.05) is 42.8 Å². The molecule has 0 spiro atoms. The summed E-state index contributed by atoms with van der Waals surface area (Å²) in [6.07, 6.45) is 8.96. The SMILES string of the molecule is Nc1ccc(N2C=C(N3C=CCC3)CC2)cc1. The van der Waals surface area contributed by atoms with E-state index in [2.05, 4.69) is 40.4 Å². The monoisotopic (exact) mass is 227 g/mol. The molecule has 0 aromatic heterocycles. The molecule has 0 atom stereocenters. The van der Waals surface area contributed by atoms with Crippen LogP contribution >= 0.6 is 0 Å². The zero-order chi connectivity index (χ0) is 11.7. The number of nitrogens with two attached hydrogens (primary N) is 1. The Morgan fingerprint density at radius 2 is 1.82 bits per heavy atom. The molecule has 0 radical (unpaired) electrons. The maximum Gasteiger partial charge on any atom is 0.0408 e. The molecule has 0 saturated carbocycles. The molecule has 1 aromatic carbocycles. The second-order valence-corrected chi connectivity index (χ2v) is 4.52. The van der Waals surface area contributed by atoms with Crippen LogP contribution in [0.5, 0.6) is 0 Å². The van der Waals surface area contributed by atoms with Crippen LogP contribution in [0.3, 0.4) is 0 Å². The van der Waals surface area contributed by atoms with Gasteiger partial charge in [0.2, 0.25) is 0 Å². The number of anilines is 2. The van der Waals surface area contributed by atoms with E-state index >= 15 is 0 Å². The van der Waals surface area contributed by atoms with E-state index in [9.17, 15) is 0 Å². The van der Waals surface area contributed by atoms with Gasteiger partial charge in [-0.05, 0) is 36.9 Å². The fourth-order valence-corrected chi connectivity index (χ4v) is 2.36. The highest BCUT2D eigenvalue weighted by Gasteiger charge is 2.18. The van der Waals surface area contributed by atoms with Crippen LogP contribution in [0.25, 0.3) is 0 Å². The highest BCUT2D eigenvalue weighted by Crippen LogP contribution is 2.26. The van der Waals surface area contributed by atoms with Crippen molar-refractivity contribution in [1.29, 1.82) is 0 Å². The minimum absolute atomic E-state index is 0.819. The molecule has 2 aliphatic heterocycles. The summed E-state index contributed by atoms with van der Waals surface area (Å²) in [6.45, 7) is 2.19. The summed E-state index contributed by atoms with van der Waals surface area (Å²) < 4.78 is 0. The Kier molecular flexibility index (Phi) is 2.52. The van der Waals surface area contributed by atoms with Gasteiger partial charge in [0.1, 0.15) is 0 Å². The fourth-order valence-electron chi connectivity index (χ4n) is 2.36. The Morgan fingerprint density at radius 3 is 2.53 bits per heavy atom. The molecule has 3 heteroatoms. The van der Waals surface area contributed by atoms with Crippen molar-refractivity contribution in [3.05, 3.63) is 48.4 Å². The van der Waals surface area contributed by atoms with Crippen molar-refractivity contribution in [1.82, 2.24) is 4.90 Å². The van der Waals surface area contributed by atoms with Crippen LogP contribution in [0, 0.1) is 0 Å². The molecule has 0 fully saturated rings. The van der Waals surface area contributed by atoms with E-state index in [0.29, 0.717) is 0 Å². The summed E-state index contributed by atoms with van der Waals surface area (Å²) in [4.78, 5) is 4.64. The third-order valence-electron chi connectivity index (χ3n) is 3.33. The van der Waals surface area contributed by atoms with Gasteiger partial charge in [0.05, 0.1) is 0 Å². The van der Waals surface area contributed by atoms with Gasteiger partial charge in [-0.1, -0.05) is 6.08 Å². The van der Waals surface area contributed by atoms with Crippen LogP contribution < -0.4 is 10.6 Å². The van der Waals surface area contributed by atoms with Crippen LogP contribution in [0.4, 0.5) is 11.4 Å². The Morgan fingerprint density at radius 1 is 1.00 bits per heavy atom. The lowest BCUT2D eigenvalue weighted by Crippen LogP contribution is -2.12. The summed E-state index contributed by atoms with van der Waals surface area (Å²) in [6, 6.07) is 8.07. The van der Waals surface area contributed by atoms with Crippen LogP contribution in [-0.2, 0) is 0 Å². The molecule has 0 saturated heterocycles. The molecule has 0 amide bonds. The summed E-state index contributed by atoms with van der Waals surface area (Å²) in [5.41, 5.74) is 9.15. The summed E-state index contributed by atoms with van der Waals surface area (Å²) in [5, 5.41) is 0. The molecule has 2 heterocycles. The van der Waals surface area contributed by atoms with Crippen LogP contribution in [0.15, 0.2) is 48.4 Å². The number of nitrogens with zero attached hydrogens (tertiary/aromatic N) is 2. The predicted octanol–water partition coefficient (Wildman–Crippen LogP) is 2.54. The Bertz CT molecular complexity index is 459. The lowest BCUT2D eigenvalue weighted by atomic mass is 10.2. The second-order valence-electron chi connectivity index (χ2n) is 4.52. The largest absolute Gasteiger partial charge is 0.399 e. The maximum absolute atomic E-state index is 5.70. The van der Waals surface area contributed by atoms with Gasteiger partial charge in [0.15, 0.2) is 0 Å². The molecule has 3 nitrogen and oxygen atoms in total. The van der Waals surface area contributed by atoms with Crippen molar-refractivity contribution < 1.29 is 0 Å². The van der Waals surface area contributed by atoms with Crippen LogP contribution in [-0.4, -0.2) is 18.0 Å². The summed E-state index contributed by atoms with van der Waals surface area (Å²) in [7, 11) is 0. The molecule has 0 bridgehead atoms. The summed E-state index contributed by atoms with van der Waals surface area (Å²) in [5.74, 6) is 0. The molecule has 0 aliphatic carbocycles. The Hall–Kier alpha value is -1.90. The van der Waals surface area contributed by atoms with E-state index < -0.39 is 0 Å².